The highest BCUT2D eigenvalue weighted by atomic mass is 16.3. The monoisotopic (exact) mass is 254 g/mol. The zero-order chi connectivity index (χ0) is 13.0. The molecule has 2 N–H and O–H groups in total. The minimum atomic E-state index is 0.134. The van der Waals surface area contributed by atoms with E-state index in [1.807, 2.05) is 0 Å². The van der Waals surface area contributed by atoms with Gasteiger partial charge in [-0.3, -0.25) is 9.69 Å². The van der Waals surface area contributed by atoms with Crippen LogP contribution in [-0.4, -0.2) is 47.7 Å². The van der Waals surface area contributed by atoms with Gasteiger partial charge in [0.15, 0.2) is 0 Å². The van der Waals surface area contributed by atoms with Gasteiger partial charge in [0.2, 0.25) is 5.91 Å². The van der Waals surface area contributed by atoms with Crippen molar-refractivity contribution >= 4 is 5.91 Å². The van der Waals surface area contributed by atoms with Crippen LogP contribution in [0.4, 0.5) is 0 Å². The number of carbonyl (C=O) groups excluding carboxylic acids is 1. The first-order valence-corrected chi connectivity index (χ1v) is 7.33. The largest absolute Gasteiger partial charge is 0.395 e. The van der Waals surface area contributed by atoms with E-state index in [4.69, 9.17) is 5.11 Å². The Hall–Kier alpha value is -0.610. The zero-order valence-corrected chi connectivity index (χ0v) is 11.4. The summed E-state index contributed by atoms with van der Waals surface area (Å²) in [6.07, 6.45) is 7.05. The summed E-state index contributed by atoms with van der Waals surface area (Å²) in [7, 11) is 0. The van der Waals surface area contributed by atoms with E-state index in [0.717, 1.165) is 18.8 Å². The van der Waals surface area contributed by atoms with Gasteiger partial charge in [0.1, 0.15) is 0 Å². The third kappa shape index (κ3) is 4.25. The number of hydrogen-bond donors (Lipinski definition) is 2. The molecule has 104 valence electrons. The number of aliphatic hydroxyl groups excluding tert-OH is 1. The first kappa shape index (κ1) is 13.8. The van der Waals surface area contributed by atoms with E-state index >= 15 is 0 Å². The molecule has 4 nitrogen and oxygen atoms in total. The minimum Gasteiger partial charge on any atom is -0.395 e. The lowest BCUT2D eigenvalue weighted by atomic mass is 9.87. The third-order valence-electron chi connectivity index (χ3n) is 4.18. The molecule has 2 saturated carbocycles. The molecule has 2 rings (SSSR count). The van der Waals surface area contributed by atoms with Crippen molar-refractivity contribution in [3.63, 3.8) is 0 Å². The van der Waals surface area contributed by atoms with Gasteiger partial charge in [-0.15, -0.1) is 0 Å². The zero-order valence-electron chi connectivity index (χ0n) is 11.4. The topological polar surface area (TPSA) is 52.6 Å². The summed E-state index contributed by atoms with van der Waals surface area (Å²) in [5.74, 6) is 0.949. The lowest BCUT2D eigenvalue weighted by Gasteiger charge is -2.28. The molecule has 0 aromatic heterocycles. The lowest BCUT2D eigenvalue weighted by molar-refractivity contribution is -0.123. The summed E-state index contributed by atoms with van der Waals surface area (Å²) in [4.78, 5) is 14.1. The van der Waals surface area contributed by atoms with Crippen LogP contribution in [0.3, 0.4) is 0 Å². The van der Waals surface area contributed by atoms with Gasteiger partial charge in [-0.25, -0.2) is 0 Å². The number of hydrogen-bond acceptors (Lipinski definition) is 3. The predicted octanol–water partition coefficient (Wildman–Crippen LogP) is 1.14. The second kappa shape index (κ2) is 6.53. The molecule has 0 aromatic rings. The molecule has 0 aliphatic heterocycles. The van der Waals surface area contributed by atoms with Crippen LogP contribution in [0, 0.1) is 5.92 Å². The fraction of sp³-hybridized carbons (Fsp3) is 0.929. The highest BCUT2D eigenvalue weighted by molar-refractivity contribution is 5.78. The van der Waals surface area contributed by atoms with Crippen LogP contribution in [0.1, 0.15) is 45.4 Å². The highest BCUT2D eigenvalue weighted by Crippen LogP contribution is 2.26. The van der Waals surface area contributed by atoms with E-state index in [2.05, 4.69) is 17.1 Å². The van der Waals surface area contributed by atoms with E-state index in [1.54, 1.807) is 0 Å². The second-order valence-corrected chi connectivity index (χ2v) is 5.95. The summed E-state index contributed by atoms with van der Waals surface area (Å²) in [6, 6.07) is 0.915. The summed E-state index contributed by atoms with van der Waals surface area (Å²) < 4.78 is 0. The minimum absolute atomic E-state index is 0.134. The first-order valence-electron chi connectivity index (χ1n) is 7.33. The molecular weight excluding hydrogens is 228 g/mol. The van der Waals surface area contributed by atoms with Gasteiger partial charge in [-0.1, -0.05) is 6.92 Å². The van der Waals surface area contributed by atoms with Gasteiger partial charge < -0.3 is 10.4 Å². The molecular formula is C14H26N2O2. The number of carbonyl (C=O) groups is 1. The molecule has 0 radical (unpaired) electrons. The molecule has 0 saturated heterocycles. The normalized spacial score (nSPS) is 28.4. The molecule has 0 aromatic carbocycles. The fourth-order valence-corrected chi connectivity index (χ4v) is 2.82. The third-order valence-corrected chi connectivity index (χ3v) is 4.18. The average molecular weight is 254 g/mol. The molecule has 18 heavy (non-hydrogen) atoms. The summed E-state index contributed by atoms with van der Waals surface area (Å²) in [6.45, 7) is 3.51. The number of nitrogens with one attached hydrogen (secondary N) is 1. The Kier molecular flexibility index (Phi) is 5.01. The fourth-order valence-electron chi connectivity index (χ4n) is 2.82. The summed E-state index contributed by atoms with van der Waals surface area (Å²) in [5, 5.41) is 12.2. The molecule has 0 spiro atoms. The van der Waals surface area contributed by atoms with E-state index in [0.29, 0.717) is 25.2 Å². The lowest BCUT2D eigenvalue weighted by Crippen LogP contribution is -2.44. The molecule has 0 heterocycles. The van der Waals surface area contributed by atoms with Crippen LogP contribution in [0.15, 0.2) is 0 Å². The van der Waals surface area contributed by atoms with Crippen molar-refractivity contribution in [2.45, 2.75) is 57.5 Å². The molecule has 4 heteroatoms. The number of aliphatic hydroxyl groups is 1. The summed E-state index contributed by atoms with van der Waals surface area (Å²) >= 11 is 0. The maximum absolute atomic E-state index is 12.0. The number of nitrogens with zero attached hydrogens (tertiary/aromatic N) is 1. The number of rotatable bonds is 6. The molecule has 0 atom stereocenters. The van der Waals surface area contributed by atoms with Crippen LogP contribution in [-0.2, 0) is 4.79 Å². The van der Waals surface area contributed by atoms with Gasteiger partial charge >= 0.3 is 0 Å². The van der Waals surface area contributed by atoms with E-state index < -0.39 is 0 Å². The smallest absolute Gasteiger partial charge is 0.234 e. The van der Waals surface area contributed by atoms with Crippen LogP contribution >= 0.6 is 0 Å². The molecule has 2 fully saturated rings. The highest BCUT2D eigenvalue weighted by Gasteiger charge is 2.30. The first-order chi connectivity index (χ1) is 8.69. The average Bonchev–Trinajstić information content (AvgIpc) is 3.16. The van der Waals surface area contributed by atoms with Crippen molar-refractivity contribution in [3.8, 4) is 0 Å². The van der Waals surface area contributed by atoms with Crippen molar-refractivity contribution in [3.05, 3.63) is 0 Å². The quantitative estimate of drug-likeness (QED) is 0.747. The van der Waals surface area contributed by atoms with E-state index in [-0.39, 0.29) is 12.5 Å². The van der Waals surface area contributed by atoms with Crippen LogP contribution in [0.2, 0.25) is 0 Å². The van der Waals surface area contributed by atoms with Gasteiger partial charge in [-0.2, -0.15) is 0 Å². The SMILES string of the molecule is CC1CCC(NC(=O)CN(CCO)C2CC2)CC1. The number of amides is 1. The Labute approximate surface area is 110 Å². The van der Waals surface area contributed by atoms with Gasteiger partial charge in [-0.05, 0) is 44.4 Å². The van der Waals surface area contributed by atoms with Crippen molar-refractivity contribution in [1.82, 2.24) is 10.2 Å². The Balaban J connectivity index is 1.70. The Morgan fingerprint density at radius 1 is 1.22 bits per heavy atom. The molecule has 1 amide bonds. The molecule has 0 bridgehead atoms. The maximum atomic E-state index is 12.0. The van der Waals surface area contributed by atoms with Crippen molar-refractivity contribution in [2.24, 2.45) is 5.92 Å². The van der Waals surface area contributed by atoms with Crippen molar-refractivity contribution in [2.75, 3.05) is 19.7 Å². The van der Waals surface area contributed by atoms with Crippen molar-refractivity contribution in [1.29, 1.82) is 0 Å². The predicted molar refractivity (Wildman–Crippen MR) is 71.2 cm³/mol. The van der Waals surface area contributed by atoms with E-state index in [9.17, 15) is 4.79 Å². The van der Waals surface area contributed by atoms with Crippen molar-refractivity contribution < 1.29 is 9.90 Å². The van der Waals surface area contributed by atoms with E-state index in [1.165, 1.54) is 25.7 Å². The van der Waals surface area contributed by atoms with Gasteiger partial charge in [0.05, 0.1) is 13.2 Å². The van der Waals surface area contributed by atoms with Crippen LogP contribution in [0.25, 0.3) is 0 Å². The molecule has 2 aliphatic rings. The Morgan fingerprint density at radius 2 is 1.89 bits per heavy atom. The molecule has 0 unspecified atom stereocenters. The maximum Gasteiger partial charge on any atom is 0.234 e. The van der Waals surface area contributed by atoms with Gasteiger partial charge in [0.25, 0.3) is 0 Å². The second-order valence-electron chi connectivity index (χ2n) is 5.95. The van der Waals surface area contributed by atoms with Gasteiger partial charge in [0, 0.05) is 18.6 Å². The molecule has 2 aliphatic carbocycles. The Morgan fingerprint density at radius 3 is 2.44 bits per heavy atom. The summed E-state index contributed by atoms with van der Waals surface area (Å²) in [5.41, 5.74) is 0. The van der Waals surface area contributed by atoms with Crippen LogP contribution in [0.5, 0.6) is 0 Å². The Bertz CT molecular complexity index is 271. The van der Waals surface area contributed by atoms with Crippen LogP contribution < -0.4 is 5.32 Å². The standard InChI is InChI=1S/C14H26N2O2/c1-11-2-4-12(5-3-11)15-14(18)10-16(8-9-17)13-6-7-13/h11-13,17H,2-10H2,1H3,(H,15,18).